The van der Waals surface area contributed by atoms with E-state index >= 15 is 0 Å². The first kappa shape index (κ1) is 15.9. The molecule has 0 aliphatic rings. The standard InChI is InChI=1S/C7H8O.C5H5NOS.Zn/c1-6-4-2-3-5-7(6)8;7-6-4-2-1-3-5(6)8;/h2-5,8H,1H3;1-4,8H;. The maximum atomic E-state index is 10.5. The molecule has 0 atom stereocenters. The van der Waals surface area contributed by atoms with Crippen LogP contribution in [0.3, 0.4) is 0 Å². The minimum atomic E-state index is 0. The van der Waals surface area contributed by atoms with Crippen LogP contribution in [0.15, 0.2) is 53.7 Å². The van der Waals surface area contributed by atoms with E-state index in [1.54, 1.807) is 24.3 Å². The molecule has 0 spiro atoms. The van der Waals surface area contributed by atoms with Gasteiger partial charge in [-0.3, -0.25) is 0 Å². The van der Waals surface area contributed by atoms with Gasteiger partial charge in [-0.15, -0.1) is 0 Å². The number of aryl methyl sites for hydroxylation is 1. The van der Waals surface area contributed by atoms with E-state index in [9.17, 15) is 5.21 Å². The summed E-state index contributed by atoms with van der Waals surface area (Å²) in [6.07, 6.45) is 1.41. The number of benzene rings is 1. The van der Waals surface area contributed by atoms with E-state index in [0.29, 0.717) is 15.5 Å². The van der Waals surface area contributed by atoms with Crippen LogP contribution in [-0.2, 0) is 19.5 Å². The van der Waals surface area contributed by atoms with E-state index in [2.05, 4.69) is 12.6 Å². The van der Waals surface area contributed by atoms with Crippen molar-refractivity contribution in [2.24, 2.45) is 0 Å². The van der Waals surface area contributed by atoms with Crippen LogP contribution in [0.2, 0.25) is 0 Å². The molecule has 0 radical (unpaired) electrons. The molecule has 1 aromatic heterocycles. The maximum Gasteiger partial charge on any atom is 0.248 e. The average Bonchev–Trinajstić information content (AvgIpc) is 2.28. The minimum Gasteiger partial charge on any atom is -0.618 e. The van der Waals surface area contributed by atoms with Gasteiger partial charge in [0.05, 0.1) is 0 Å². The van der Waals surface area contributed by atoms with Crippen molar-refractivity contribution in [1.29, 1.82) is 0 Å². The monoisotopic (exact) mass is 299 g/mol. The van der Waals surface area contributed by atoms with E-state index in [1.807, 2.05) is 25.1 Å². The largest absolute Gasteiger partial charge is 0.618 e. The molecule has 2 aromatic rings. The predicted molar refractivity (Wildman–Crippen MR) is 65.5 cm³/mol. The summed E-state index contributed by atoms with van der Waals surface area (Å²) in [6, 6.07) is 12.3. The third kappa shape index (κ3) is 5.71. The Hall–Kier alpha value is -1.06. The third-order valence-electron chi connectivity index (χ3n) is 1.92. The van der Waals surface area contributed by atoms with Gasteiger partial charge in [0.25, 0.3) is 0 Å². The number of phenolic OH excluding ortho intramolecular Hbond substituents is 1. The summed E-state index contributed by atoms with van der Waals surface area (Å²) in [4.78, 5) is 0. The van der Waals surface area contributed by atoms with Crippen LogP contribution in [0.1, 0.15) is 5.56 Å². The molecule has 0 aliphatic heterocycles. The van der Waals surface area contributed by atoms with Gasteiger partial charge in [0.15, 0.2) is 6.20 Å². The van der Waals surface area contributed by atoms with E-state index in [-0.39, 0.29) is 19.5 Å². The molecule has 0 saturated carbocycles. The van der Waals surface area contributed by atoms with Gasteiger partial charge in [0, 0.05) is 31.6 Å². The van der Waals surface area contributed by atoms with Crippen molar-refractivity contribution >= 4 is 12.6 Å². The SMILES string of the molecule is Cc1ccccc1O.[O-][n+]1ccccc1S.[Zn]. The van der Waals surface area contributed by atoms with Gasteiger partial charge in [0.2, 0.25) is 5.03 Å². The van der Waals surface area contributed by atoms with Crippen molar-refractivity contribution < 1.29 is 29.3 Å². The second kappa shape index (κ2) is 8.10. The molecule has 17 heavy (non-hydrogen) atoms. The summed E-state index contributed by atoms with van der Waals surface area (Å²) in [5.41, 5.74) is 0.924. The Balaban J connectivity index is 0.000000284. The molecule has 0 saturated heterocycles. The summed E-state index contributed by atoms with van der Waals surface area (Å²) >= 11 is 3.85. The van der Waals surface area contributed by atoms with Gasteiger partial charge >= 0.3 is 0 Å². The Kier molecular flexibility index (Phi) is 7.59. The molecule has 86 valence electrons. The molecule has 1 aromatic carbocycles. The van der Waals surface area contributed by atoms with Crippen molar-refractivity contribution in [2.45, 2.75) is 11.9 Å². The Morgan fingerprint density at radius 2 is 1.71 bits per heavy atom. The molecular formula is C12H13NO2SZn. The predicted octanol–water partition coefficient (Wildman–Crippen LogP) is 2.31. The summed E-state index contributed by atoms with van der Waals surface area (Å²) in [6.45, 7) is 1.87. The van der Waals surface area contributed by atoms with Gasteiger partial charge in [-0.25, -0.2) is 0 Å². The molecule has 0 amide bonds. The van der Waals surface area contributed by atoms with Crippen LogP contribution in [0, 0.1) is 12.1 Å². The van der Waals surface area contributed by atoms with E-state index in [4.69, 9.17) is 5.11 Å². The first-order valence-electron chi connectivity index (χ1n) is 4.73. The molecular weight excluding hydrogens is 288 g/mol. The van der Waals surface area contributed by atoms with Gasteiger partial charge < -0.3 is 10.3 Å². The van der Waals surface area contributed by atoms with E-state index in [1.165, 1.54) is 6.20 Å². The molecule has 5 heteroatoms. The average molecular weight is 301 g/mol. The van der Waals surface area contributed by atoms with Crippen molar-refractivity contribution in [3.05, 3.63) is 59.4 Å². The van der Waals surface area contributed by atoms with Crippen molar-refractivity contribution in [2.75, 3.05) is 0 Å². The van der Waals surface area contributed by atoms with Gasteiger partial charge in [-0.05, 0) is 24.6 Å². The van der Waals surface area contributed by atoms with Crippen LogP contribution < -0.4 is 4.73 Å². The molecule has 0 bridgehead atoms. The Morgan fingerprint density at radius 1 is 1.12 bits per heavy atom. The number of hydrogen-bond donors (Lipinski definition) is 2. The summed E-state index contributed by atoms with van der Waals surface area (Å²) in [5, 5.41) is 19.8. The Bertz CT molecular complexity index is 380. The second-order valence-corrected chi connectivity index (χ2v) is 3.63. The molecule has 0 fully saturated rings. The van der Waals surface area contributed by atoms with Gasteiger partial charge in [-0.2, -0.15) is 4.73 Å². The topological polar surface area (TPSA) is 47.2 Å². The molecule has 2 rings (SSSR count). The quantitative estimate of drug-likeness (QED) is 0.339. The molecule has 1 heterocycles. The van der Waals surface area contributed by atoms with Gasteiger partial charge in [0.1, 0.15) is 5.75 Å². The Labute approximate surface area is 119 Å². The van der Waals surface area contributed by atoms with E-state index < -0.39 is 0 Å². The number of rotatable bonds is 0. The number of thiol groups is 1. The first-order valence-corrected chi connectivity index (χ1v) is 5.17. The summed E-state index contributed by atoms with van der Waals surface area (Å²) in [7, 11) is 0. The molecule has 3 nitrogen and oxygen atoms in total. The molecule has 1 N–H and O–H groups in total. The smallest absolute Gasteiger partial charge is 0.248 e. The van der Waals surface area contributed by atoms with Crippen molar-refractivity contribution in [3.8, 4) is 5.75 Å². The Morgan fingerprint density at radius 3 is 2.06 bits per heavy atom. The van der Waals surface area contributed by atoms with Crippen LogP contribution in [0.25, 0.3) is 0 Å². The number of pyridine rings is 1. The third-order valence-corrected chi connectivity index (χ3v) is 2.27. The van der Waals surface area contributed by atoms with Gasteiger partial charge in [-0.1, -0.05) is 30.8 Å². The molecule has 0 unspecified atom stereocenters. The summed E-state index contributed by atoms with van der Waals surface area (Å²) in [5.74, 6) is 0.368. The fourth-order valence-corrected chi connectivity index (χ4v) is 1.14. The van der Waals surface area contributed by atoms with Crippen LogP contribution in [-0.4, -0.2) is 5.11 Å². The normalized spacial score (nSPS) is 8.59. The van der Waals surface area contributed by atoms with Crippen molar-refractivity contribution in [1.82, 2.24) is 0 Å². The number of hydrogen-bond acceptors (Lipinski definition) is 3. The maximum absolute atomic E-state index is 10.5. The zero-order valence-corrected chi connectivity index (χ0v) is 13.4. The fourth-order valence-electron chi connectivity index (χ4n) is 0.983. The number of phenols is 1. The number of nitrogens with zero attached hydrogens (tertiary/aromatic N) is 1. The second-order valence-electron chi connectivity index (χ2n) is 3.17. The number of aromatic hydroxyl groups is 1. The van der Waals surface area contributed by atoms with E-state index in [0.717, 1.165) is 5.56 Å². The fraction of sp³-hybridized carbons (Fsp3) is 0.0833. The molecule has 0 aliphatic carbocycles. The van der Waals surface area contributed by atoms with Crippen LogP contribution >= 0.6 is 12.6 Å². The number of aromatic nitrogens is 1. The minimum absolute atomic E-state index is 0. The zero-order valence-electron chi connectivity index (χ0n) is 9.58. The van der Waals surface area contributed by atoms with Crippen molar-refractivity contribution in [3.63, 3.8) is 0 Å². The van der Waals surface area contributed by atoms with Crippen LogP contribution in [0.4, 0.5) is 0 Å². The zero-order chi connectivity index (χ0) is 12.0. The first-order chi connectivity index (χ1) is 7.61. The summed E-state index contributed by atoms with van der Waals surface area (Å²) < 4.78 is 0.698. The number of para-hydroxylation sites is 1. The van der Waals surface area contributed by atoms with Crippen LogP contribution in [0.5, 0.6) is 5.75 Å².